The van der Waals surface area contributed by atoms with Crippen LogP contribution in [0, 0.1) is 22.7 Å². The minimum atomic E-state index is -0.0475. The Kier molecular flexibility index (Phi) is 12.0. The highest BCUT2D eigenvalue weighted by Gasteiger charge is 2.31. The summed E-state index contributed by atoms with van der Waals surface area (Å²) < 4.78 is 0. The zero-order valence-corrected chi connectivity index (χ0v) is 29.0. The van der Waals surface area contributed by atoms with Crippen LogP contribution in [0.25, 0.3) is 0 Å². The summed E-state index contributed by atoms with van der Waals surface area (Å²) in [4.78, 5) is 35.2. The van der Waals surface area contributed by atoms with E-state index >= 15 is 0 Å². The van der Waals surface area contributed by atoms with E-state index in [4.69, 9.17) is 0 Å². The van der Waals surface area contributed by atoms with Gasteiger partial charge in [0.25, 0.3) is 0 Å². The summed E-state index contributed by atoms with van der Waals surface area (Å²) in [6, 6.07) is 15.8. The first-order valence-electron chi connectivity index (χ1n) is 16.2. The molecule has 0 bridgehead atoms. The molecule has 1 aliphatic rings. The van der Waals surface area contributed by atoms with Gasteiger partial charge in [-0.2, -0.15) is 0 Å². The van der Waals surface area contributed by atoms with E-state index in [0.29, 0.717) is 24.9 Å². The maximum atomic E-state index is 13.6. The fourth-order valence-corrected chi connectivity index (χ4v) is 6.03. The van der Waals surface area contributed by atoms with Crippen molar-refractivity contribution in [3.05, 3.63) is 48.5 Å². The third kappa shape index (κ3) is 11.6. The van der Waals surface area contributed by atoms with E-state index < -0.39 is 0 Å². The number of anilines is 4. The molecule has 4 amide bonds. The number of nitrogens with zero attached hydrogens (tertiary/aromatic N) is 4. The van der Waals surface area contributed by atoms with E-state index in [-0.39, 0.29) is 22.9 Å². The van der Waals surface area contributed by atoms with Crippen LogP contribution in [0.2, 0.25) is 0 Å². The fourth-order valence-electron chi connectivity index (χ4n) is 6.03. The van der Waals surface area contributed by atoms with Gasteiger partial charge in [0.2, 0.25) is 0 Å². The van der Waals surface area contributed by atoms with Crippen LogP contribution in [-0.2, 0) is 0 Å². The van der Waals surface area contributed by atoms with Gasteiger partial charge >= 0.3 is 12.1 Å². The normalized spacial score (nSPS) is 17.0. The SMILES string of the molecule is CN(C)c1ccc(NC(=O)N(CC2CCCC(CN(CC(C)(C)C)C(=O)Nc3ccc(N(C)C)cc3)C2)CC(C)(C)C)cc1. The van der Waals surface area contributed by atoms with E-state index in [1.54, 1.807) is 0 Å². The van der Waals surface area contributed by atoms with Gasteiger partial charge in [0.15, 0.2) is 0 Å². The van der Waals surface area contributed by atoms with Crippen LogP contribution in [0.15, 0.2) is 48.5 Å². The zero-order chi connectivity index (χ0) is 32.7. The molecule has 8 nitrogen and oxygen atoms in total. The maximum absolute atomic E-state index is 13.6. The molecule has 0 heterocycles. The van der Waals surface area contributed by atoms with Crippen molar-refractivity contribution in [3.8, 4) is 0 Å². The first-order chi connectivity index (χ1) is 20.5. The van der Waals surface area contributed by atoms with Crippen LogP contribution < -0.4 is 20.4 Å². The molecule has 0 radical (unpaired) electrons. The molecule has 2 aromatic carbocycles. The topological polar surface area (TPSA) is 71.2 Å². The summed E-state index contributed by atoms with van der Waals surface area (Å²) in [6.07, 6.45) is 4.33. The number of hydrogen-bond acceptors (Lipinski definition) is 4. The lowest BCUT2D eigenvalue weighted by atomic mass is 9.80. The Hall–Kier alpha value is -3.42. The molecule has 0 spiro atoms. The smallest absolute Gasteiger partial charge is 0.321 e. The standard InChI is InChI=1S/C36H58N6O2/c1-35(2,3)25-41(33(43)37-29-14-18-31(19-15-29)39(7)8)23-27-12-11-13-28(22-27)24-42(26-36(4,5)6)34(44)38-30-16-20-32(21-17-30)40(9)10/h14-21,27-28H,11-13,22-26H2,1-10H3,(H,37,43)(H,38,44). The lowest BCUT2D eigenvalue weighted by Gasteiger charge is -2.38. The summed E-state index contributed by atoms with van der Waals surface area (Å²) in [5.74, 6) is 0.798. The molecular weight excluding hydrogens is 548 g/mol. The summed E-state index contributed by atoms with van der Waals surface area (Å²) in [7, 11) is 8.04. The first-order valence-corrected chi connectivity index (χ1v) is 16.2. The number of amides is 4. The molecule has 2 atom stereocenters. The highest BCUT2D eigenvalue weighted by atomic mass is 16.2. The van der Waals surface area contributed by atoms with Gasteiger partial charge in [0.1, 0.15) is 0 Å². The molecule has 1 saturated carbocycles. The third-order valence-electron chi connectivity index (χ3n) is 8.02. The number of hydrogen-bond donors (Lipinski definition) is 2. The molecule has 2 N–H and O–H groups in total. The summed E-state index contributed by atoms with van der Waals surface area (Å²) in [5.41, 5.74) is 3.76. The second kappa shape index (κ2) is 15.0. The fraction of sp³-hybridized carbons (Fsp3) is 0.611. The van der Waals surface area contributed by atoms with Gasteiger partial charge in [-0.3, -0.25) is 0 Å². The number of benzene rings is 2. The number of urea groups is 2. The highest BCUT2D eigenvalue weighted by Crippen LogP contribution is 2.32. The van der Waals surface area contributed by atoms with Crippen molar-refractivity contribution in [1.82, 2.24) is 9.80 Å². The minimum absolute atomic E-state index is 0.0213. The van der Waals surface area contributed by atoms with Crippen LogP contribution in [0.5, 0.6) is 0 Å². The highest BCUT2D eigenvalue weighted by molar-refractivity contribution is 5.90. The Morgan fingerprint density at radius 3 is 1.27 bits per heavy atom. The number of rotatable bonds is 10. The molecule has 0 saturated heterocycles. The van der Waals surface area contributed by atoms with Crippen LogP contribution in [-0.4, -0.2) is 76.2 Å². The van der Waals surface area contributed by atoms with Crippen LogP contribution in [0.3, 0.4) is 0 Å². The molecule has 0 aliphatic heterocycles. The third-order valence-corrected chi connectivity index (χ3v) is 8.02. The predicted molar refractivity (Wildman–Crippen MR) is 187 cm³/mol. The zero-order valence-electron chi connectivity index (χ0n) is 29.0. The Balaban J connectivity index is 1.67. The quantitative estimate of drug-likeness (QED) is 0.287. The molecule has 1 aliphatic carbocycles. The van der Waals surface area contributed by atoms with Crippen LogP contribution in [0.4, 0.5) is 32.3 Å². The summed E-state index contributed by atoms with van der Waals surface area (Å²) in [5, 5.41) is 6.28. The summed E-state index contributed by atoms with van der Waals surface area (Å²) >= 11 is 0. The Morgan fingerprint density at radius 1 is 0.636 bits per heavy atom. The lowest BCUT2D eigenvalue weighted by molar-refractivity contribution is 0.130. The van der Waals surface area contributed by atoms with Crippen molar-refractivity contribution in [1.29, 1.82) is 0 Å². The van der Waals surface area contributed by atoms with Crippen molar-refractivity contribution in [2.75, 3.05) is 74.8 Å². The van der Waals surface area contributed by atoms with E-state index in [2.05, 4.69) is 52.2 Å². The van der Waals surface area contributed by atoms with Crippen molar-refractivity contribution < 1.29 is 9.59 Å². The molecule has 3 rings (SSSR count). The second-order valence-corrected chi connectivity index (χ2v) is 15.5. The summed E-state index contributed by atoms with van der Waals surface area (Å²) in [6.45, 7) is 15.9. The van der Waals surface area contributed by atoms with Gasteiger partial charge in [-0.15, -0.1) is 0 Å². The van der Waals surface area contributed by atoms with E-state index in [1.807, 2.05) is 96.3 Å². The number of carbonyl (C=O) groups is 2. The van der Waals surface area contributed by atoms with E-state index in [0.717, 1.165) is 61.5 Å². The Labute approximate surface area is 267 Å². The molecule has 244 valence electrons. The molecule has 0 aromatic heterocycles. The van der Waals surface area contributed by atoms with Crippen LogP contribution in [0.1, 0.15) is 67.2 Å². The van der Waals surface area contributed by atoms with Gasteiger partial charge in [-0.25, -0.2) is 9.59 Å². The first kappa shape index (κ1) is 35.1. The molecule has 2 unspecified atom stereocenters. The van der Waals surface area contributed by atoms with Gasteiger partial charge in [-0.05, 0) is 90.5 Å². The van der Waals surface area contributed by atoms with Gasteiger partial charge in [-0.1, -0.05) is 48.0 Å². The Bertz CT molecular complexity index is 1100. The predicted octanol–water partition coefficient (Wildman–Crippen LogP) is 8.09. The van der Waals surface area contributed by atoms with Crippen molar-refractivity contribution in [2.24, 2.45) is 22.7 Å². The molecule has 8 heteroatoms. The Morgan fingerprint density at radius 2 is 0.977 bits per heavy atom. The maximum Gasteiger partial charge on any atom is 0.321 e. The lowest BCUT2D eigenvalue weighted by Crippen LogP contribution is -2.46. The van der Waals surface area contributed by atoms with Gasteiger partial charge in [0, 0.05) is 77.1 Å². The number of nitrogens with one attached hydrogen (secondary N) is 2. The molecule has 2 aromatic rings. The van der Waals surface area contributed by atoms with E-state index in [9.17, 15) is 9.59 Å². The van der Waals surface area contributed by atoms with Crippen LogP contribution >= 0.6 is 0 Å². The van der Waals surface area contributed by atoms with E-state index in [1.165, 1.54) is 0 Å². The van der Waals surface area contributed by atoms with Crippen molar-refractivity contribution >= 4 is 34.8 Å². The molecule has 1 fully saturated rings. The molecular formula is C36H58N6O2. The average molecular weight is 607 g/mol. The van der Waals surface area contributed by atoms with Crippen molar-refractivity contribution in [2.45, 2.75) is 67.2 Å². The van der Waals surface area contributed by atoms with Crippen molar-refractivity contribution in [3.63, 3.8) is 0 Å². The number of carbonyl (C=O) groups excluding carboxylic acids is 2. The largest absolute Gasteiger partial charge is 0.378 e. The average Bonchev–Trinajstić information content (AvgIpc) is 2.91. The monoisotopic (exact) mass is 606 g/mol. The molecule has 44 heavy (non-hydrogen) atoms. The second-order valence-electron chi connectivity index (χ2n) is 15.5. The van der Waals surface area contributed by atoms with Gasteiger partial charge in [0.05, 0.1) is 0 Å². The minimum Gasteiger partial charge on any atom is -0.378 e. The van der Waals surface area contributed by atoms with Gasteiger partial charge < -0.3 is 30.2 Å².